The molecule has 6 heteroatoms. The van der Waals surface area contributed by atoms with Crippen molar-refractivity contribution in [1.29, 1.82) is 0 Å². The van der Waals surface area contributed by atoms with Crippen molar-refractivity contribution in [3.05, 3.63) is 63.6 Å². The molecule has 128 valence electrons. The minimum Gasteiger partial charge on any atom is -0.351 e. The van der Waals surface area contributed by atoms with Crippen molar-refractivity contribution in [1.82, 2.24) is 10.6 Å². The van der Waals surface area contributed by atoms with E-state index in [2.05, 4.69) is 44.8 Å². The molecule has 1 heterocycles. The number of fused-ring (bicyclic) bond motifs is 1. The third-order valence-electron chi connectivity index (χ3n) is 3.86. The molecule has 2 N–H and O–H groups in total. The second-order valence-corrected chi connectivity index (χ2v) is 7.97. The van der Waals surface area contributed by atoms with Gasteiger partial charge in [0.2, 0.25) is 5.91 Å². The first-order valence-electron chi connectivity index (χ1n) is 7.63. The predicted octanol–water partition coefficient (Wildman–Crippen LogP) is 4.27. The van der Waals surface area contributed by atoms with Crippen LogP contribution in [-0.2, 0) is 24.4 Å². The molecule has 0 saturated carbocycles. The van der Waals surface area contributed by atoms with Gasteiger partial charge in [-0.25, -0.2) is 0 Å². The van der Waals surface area contributed by atoms with Crippen LogP contribution < -0.4 is 10.6 Å². The molecule has 24 heavy (non-hydrogen) atoms. The lowest BCUT2D eigenvalue weighted by Crippen LogP contribution is -2.30. The first-order valence-corrected chi connectivity index (χ1v) is 9.30. The van der Waals surface area contributed by atoms with Crippen molar-refractivity contribution >= 4 is 46.0 Å². The lowest BCUT2D eigenvalue weighted by Gasteiger charge is -2.12. The molecule has 0 aliphatic carbocycles. The molecule has 0 bridgehead atoms. The first kappa shape index (κ1) is 19.3. The number of carbonyl (C=O) groups is 1. The van der Waals surface area contributed by atoms with E-state index in [1.807, 2.05) is 31.2 Å². The van der Waals surface area contributed by atoms with Gasteiger partial charge in [-0.1, -0.05) is 34.1 Å². The molecule has 0 radical (unpaired) electrons. The van der Waals surface area contributed by atoms with E-state index in [-0.39, 0.29) is 23.6 Å². The summed E-state index contributed by atoms with van der Waals surface area (Å²) in [6.45, 7) is 4.39. The molecule has 1 aliphatic heterocycles. The number of amides is 1. The number of hydrogen-bond donors (Lipinski definition) is 2. The van der Waals surface area contributed by atoms with Crippen molar-refractivity contribution in [2.45, 2.75) is 36.7 Å². The number of thioether (sulfide) groups is 1. The summed E-state index contributed by atoms with van der Waals surface area (Å²) < 4.78 is 1.05. The van der Waals surface area contributed by atoms with Crippen molar-refractivity contribution < 1.29 is 4.79 Å². The van der Waals surface area contributed by atoms with E-state index in [1.165, 1.54) is 11.1 Å². The fourth-order valence-electron chi connectivity index (χ4n) is 2.56. The van der Waals surface area contributed by atoms with Gasteiger partial charge in [0, 0.05) is 29.0 Å². The van der Waals surface area contributed by atoms with E-state index in [9.17, 15) is 4.79 Å². The van der Waals surface area contributed by atoms with Gasteiger partial charge in [-0.3, -0.25) is 4.79 Å². The highest BCUT2D eigenvalue weighted by Crippen LogP contribution is 2.25. The Morgan fingerprint density at radius 2 is 1.92 bits per heavy atom. The van der Waals surface area contributed by atoms with Gasteiger partial charge in [0.1, 0.15) is 0 Å². The summed E-state index contributed by atoms with van der Waals surface area (Å²) in [6, 6.07) is 14.5. The topological polar surface area (TPSA) is 41.1 Å². The van der Waals surface area contributed by atoms with Crippen LogP contribution in [-0.4, -0.2) is 11.2 Å². The Bertz CT molecular complexity index is 709. The van der Waals surface area contributed by atoms with Crippen LogP contribution >= 0.6 is 40.1 Å². The molecule has 0 saturated heterocycles. The van der Waals surface area contributed by atoms with Gasteiger partial charge in [-0.2, -0.15) is 0 Å². The van der Waals surface area contributed by atoms with Crippen molar-refractivity contribution in [2.24, 2.45) is 0 Å². The molecule has 3 nitrogen and oxygen atoms in total. The van der Waals surface area contributed by atoms with E-state index in [0.717, 1.165) is 28.0 Å². The minimum absolute atomic E-state index is 0. The van der Waals surface area contributed by atoms with Crippen LogP contribution in [0.15, 0.2) is 51.8 Å². The van der Waals surface area contributed by atoms with Gasteiger partial charge in [0.25, 0.3) is 0 Å². The number of rotatable bonds is 5. The van der Waals surface area contributed by atoms with Crippen LogP contribution in [0.3, 0.4) is 0 Å². The molecular weight excluding hydrogens is 408 g/mol. The highest BCUT2D eigenvalue weighted by Gasteiger charge is 2.15. The van der Waals surface area contributed by atoms with Crippen molar-refractivity contribution in [3.63, 3.8) is 0 Å². The van der Waals surface area contributed by atoms with Crippen LogP contribution in [0, 0.1) is 0 Å². The second kappa shape index (κ2) is 8.90. The van der Waals surface area contributed by atoms with E-state index < -0.39 is 0 Å². The lowest BCUT2D eigenvalue weighted by molar-refractivity contribution is -0.120. The van der Waals surface area contributed by atoms with Crippen LogP contribution in [0.5, 0.6) is 0 Å². The Labute approximate surface area is 161 Å². The molecule has 2 aromatic rings. The SMILES string of the molecule is CC(Sc1ccc(Br)cc1)C(=O)NCc1ccc2c(c1)CNC2.Cl. The second-order valence-electron chi connectivity index (χ2n) is 5.64. The molecule has 1 amide bonds. The molecule has 1 atom stereocenters. The van der Waals surface area contributed by atoms with E-state index in [1.54, 1.807) is 11.8 Å². The third kappa shape index (κ3) is 4.99. The van der Waals surface area contributed by atoms with Gasteiger partial charge in [-0.05, 0) is 47.9 Å². The monoisotopic (exact) mass is 426 g/mol. The summed E-state index contributed by atoms with van der Waals surface area (Å²) >= 11 is 4.99. The molecule has 0 spiro atoms. The summed E-state index contributed by atoms with van der Waals surface area (Å²) in [7, 11) is 0. The minimum atomic E-state index is -0.118. The fourth-order valence-corrected chi connectivity index (χ4v) is 3.72. The summed E-state index contributed by atoms with van der Waals surface area (Å²) in [5.74, 6) is 0.0662. The number of benzene rings is 2. The highest BCUT2D eigenvalue weighted by atomic mass is 79.9. The number of halogens is 2. The third-order valence-corrected chi connectivity index (χ3v) is 5.50. The maximum absolute atomic E-state index is 12.3. The van der Waals surface area contributed by atoms with Gasteiger partial charge in [0.15, 0.2) is 0 Å². The van der Waals surface area contributed by atoms with E-state index in [4.69, 9.17) is 0 Å². The van der Waals surface area contributed by atoms with Crippen LogP contribution in [0.1, 0.15) is 23.6 Å². The predicted molar refractivity (Wildman–Crippen MR) is 106 cm³/mol. The average Bonchev–Trinajstić information content (AvgIpc) is 3.02. The van der Waals surface area contributed by atoms with Gasteiger partial charge < -0.3 is 10.6 Å². The molecule has 0 fully saturated rings. The largest absolute Gasteiger partial charge is 0.351 e. The molecule has 3 rings (SSSR count). The number of hydrogen-bond acceptors (Lipinski definition) is 3. The van der Waals surface area contributed by atoms with E-state index in [0.29, 0.717) is 6.54 Å². The maximum Gasteiger partial charge on any atom is 0.233 e. The Morgan fingerprint density at radius 3 is 2.67 bits per heavy atom. The zero-order valence-corrected chi connectivity index (χ0v) is 16.6. The Hall–Kier alpha value is -1.01. The average molecular weight is 428 g/mol. The number of nitrogens with one attached hydrogen (secondary N) is 2. The molecule has 1 aliphatic rings. The summed E-state index contributed by atoms with van der Waals surface area (Å²) in [5, 5.41) is 6.25. The lowest BCUT2D eigenvalue weighted by atomic mass is 10.1. The van der Waals surface area contributed by atoms with Crippen LogP contribution in [0.2, 0.25) is 0 Å². The van der Waals surface area contributed by atoms with Gasteiger partial charge >= 0.3 is 0 Å². The Kier molecular flexibility index (Phi) is 7.16. The smallest absolute Gasteiger partial charge is 0.233 e. The van der Waals surface area contributed by atoms with E-state index >= 15 is 0 Å². The molecule has 1 unspecified atom stereocenters. The van der Waals surface area contributed by atoms with Crippen molar-refractivity contribution in [2.75, 3.05) is 0 Å². The number of carbonyl (C=O) groups excluding carboxylic acids is 1. The quantitative estimate of drug-likeness (QED) is 0.700. The maximum atomic E-state index is 12.3. The molecule has 0 aromatic heterocycles. The van der Waals surface area contributed by atoms with Crippen LogP contribution in [0.25, 0.3) is 0 Å². The summed E-state index contributed by atoms with van der Waals surface area (Å²) in [5.41, 5.74) is 3.86. The molecule has 2 aromatic carbocycles. The Morgan fingerprint density at radius 1 is 1.21 bits per heavy atom. The first-order chi connectivity index (χ1) is 11.1. The molecular formula is C18H20BrClN2OS. The fraction of sp³-hybridized carbons (Fsp3) is 0.278. The van der Waals surface area contributed by atoms with Gasteiger partial charge in [0.05, 0.1) is 5.25 Å². The normalized spacial score (nSPS) is 13.8. The zero-order valence-electron chi connectivity index (χ0n) is 13.3. The van der Waals surface area contributed by atoms with Crippen LogP contribution in [0.4, 0.5) is 0 Å². The summed E-state index contributed by atoms with van der Waals surface area (Å²) in [6.07, 6.45) is 0. The van der Waals surface area contributed by atoms with Gasteiger partial charge in [-0.15, -0.1) is 24.2 Å². The Balaban J connectivity index is 0.00000208. The van der Waals surface area contributed by atoms with Crippen molar-refractivity contribution in [3.8, 4) is 0 Å². The zero-order chi connectivity index (χ0) is 16.2. The highest BCUT2D eigenvalue weighted by molar-refractivity contribution is 9.10. The summed E-state index contributed by atoms with van der Waals surface area (Å²) in [4.78, 5) is 13.4. The standard InChI is InChI=1S/C18H19BrN2OS.ClH/c1-12(23-17-6-4-16(19)5-7-17)18(22)21-9-13-2-3-14-10-20-11-15(14)8-13;/h2-8,12,20H,9-11H2,1H3,(H,21,22);1H.